The second-order valence-electron chi connectivity index (χ2n) is 6.34. The number of hydrogen-bond donors (Lipinski definition) is 1. The van der Waals surface area contributed by atoms with Crippen molar-refractivity contribution in [2.45, 2.75) is 27.0 Å². The summed E-state index contributed by atoms with van der Waals surface area (Å²) >= 11 is 12.1. The van der Waals surface area contributed by atoms with Crippen LogP contribution >= 0.6 is 23.2 Å². The minimum absolute atomic E-state index is 0.413. The third kappa shape index (κ3) is 4.94. The van der Waals surface area contributed by atoms with E-state index in [1.54, 1.807) is 6.07 Å². The largest absolute Gasteiger partial charge is 0.489 e. The normalized spacial score (nSPS) is 10.6. The molecular formula is C22H21Cl2NO. The van der Waals surface area contributed by atoms with E-state index in [4.69, 9.17) is 27.9 Å². The third-order valence-corrected chi connectivity index (χ3v) is 4.78. The van der Waals surface area contributed by atoms with E-state index in [1.165, 1.54) is 16.7 Å². The molecule has 3 rings (SSSR count). The maximum atomic E-state index is 6.17. The van der Waals surface area contributed by atoms with Crippen molar-refractivity contribution in [2.75, 3.05) is 5.32 Å². The molecule has 0 unspecified atom stereocenters. The molecule has 0 aliphatic heterocycles. The van der Waals surface area contributed by atoms with Crippen LogP contribution in [0.15, 0.2) is 60.7 Å². The molecule has 0 spiro atoms. The quantitative estimate of drug-likeness (QED) is 0.503. The average Bonchev–Trinajstić information content (AvgIpc) is 2.61. The molecule has 0 atom stereocenters. The van der Waals surface area contributed by atoms with Gasteiger partial charge in [0, 0.05) is 27.8 Å². The first kappa shape index (κ1) is 18.6. The number of anilines is 1. The van der Waals surface area contributed by atoms with Crippen molar-refractivity contribution >= 4 is 28.9 Å². The Morgan fingerprint density at radius 3 is 2.35 bits per heavy atom. The van der Waals surface area contributed by atoms with Gasteiger partial charge in [0.15, 0.2) is 0 Å². The van der Waals surface area contributed by atoms with Gasteiger partial charge in [-0.2, -0.15) is 0 Å². The van der Waals surface area contributed by atoms with E-state index in [0.29, 0.717) is 16.7 Å². The second-order valence-corrected chi connectivity index (χ2v) is 7.18. The standard InChI is InChI=1S/C22H21Cl2NO/c1-15-3-10-22(16(2)11-15)25-13-17-4-8-20(9-5-17)26-14-18-6-7-19(23)12-21(18)24/h3-12,25H,13-14H2,1-2H3. The van der Waals surface area contributed by atoms with Crippen LogP contribution in [-0.4, -0.2) is 0 Å². The number of ether oxygens (including phenoxy) is 1. The van der Waals surface area contributed by atoms with Gasteiger partial charge in [-0.05, 0) is 55.3 Å². The predicted octanol–water partition coefficient (Wildman–Crippen LogP) is 6.80. The molecule has 1 N–H and O–H groups in total. The number of aryl methyl sites for hydroxylation is 2. The zero-order chi connectivity index (χ0) is 18.5. The van der Waals surface area contributed by atoms with Gasteiger partial charge in [0.1, 0.15) is 12.4 Å². The van der Waals surface area contributed by atoms with Crippen molar-refractivity contribution < 1.29 is 4.74 Å². The summed E-state index contributed by atoms with van der Waals surface area (Å²) in [6.45, 7) is 5.41. The van der Waals surface area contributed by atoms with E-state index in [9.17, 15) is 0 Å². The summed E-state index contributed by atoms with van der Waals surface area (Å²) in [6.07, 6.45) is 0. The first-order valence-electron chi connectivity index (χ1n) is 8.48. The first-order chi connectivity index (χ1) is 12.5. The van der Waals surface area contributed by atoms with Crippen LogP contribution in [0, 0.1) is 13.8 Å². The summed E-state index contributed by atoms with van der Waals surface area (Å²) in [7, 11) is 0. The Balaban J connectivity index is 1.56. The van der Waals surface area contributed by atoms with Crippen LogP contribution < -0.4 is 10.1 Å². The molecule has 0 aromatic heterocycles. The van der Waals surface area contributed by atoms with Gasteiger partial charge in [0.2, 0.25) is 0 Å². The highest BCUT2D eigenvalue weighted by molar-refractivity contribution is 6.35. The molecule has 26 heavy (non-hydrogen) atoms. The Morgan fingerprint density at radius 2 is 1.65 bits per heavy atom. The molecule has 0 aliphatic carbocycles. The fraction of sp³-hybridized carbons (Fsp3) is 0.182. The summed E-state index contributed by atoms with van der Waals surface area (Å²) in [5.41, 5.74) is 5.80. The molecule has 3 aromatic carbocycles. The van der Waals surface area contributed by atoms with Gasteiger partial charge in [-0.25, -0.2) is 0 Å². The molecule has 0 saturated carbocycles. The third-order valence-electron chi connectivity index (χ3n) is 4.20. The number of halogens is 2. The molecule has 2 nitrogen and oxygen atoms in total. The van der Waals surface area contributed by atoms with Crippen molar-refractivity contribution in [1.29, 1.82) is 0 Å². The van der Waals surface area contributed by atoms with Crippen LogP contribution in [0.5, 0.6) is 5.75 Å². The Morgan fingerprint density at radius 1 is 0.885 bits per heavy atom. The lowest BCUT2D eigenvalue weighted by Gasteiger charge is -2.11. The van der Waals surface area contributed by atoms with Gasteiger partial charge < -0.3 is 10.1 Å². The molecule has 0 bridgehead atoms. The van der Waals surface area contributed by atoms with E-state index in [0.717, 1.165) is 23.5 Å². The average molecular weight is 386 g/mol. The van der Waals surface area contributed by atoms with E-state index >= 15 is 0 Å². The topological polar surface area (TPSA) is 21.3 Å². The molecule has 0 radical (unpaired) electrons. The van der Waals surface area contributed by atoms with Crippen molar-refractivity contribution in [1.82, 2.24) is 0 Å². The summed E-state index contributed by atoms with van der Waals surface area (Å²) < 4.78 is 5.81. The molecule has 134 valence electrons. The van der Waals surface area contributed by atoms with Gasteiger partial charge >= 0.3 is 0 Å². The molecule has 4 heteroatoms. The second kappa shape index (κ2) is 8.48. The van der Waals surface area contributed by atoms with Crippen LogP contribution in [0.1, 0.15) is 22.3 Å². The summed E-state index contributed by atoms with van der Waals surface area (Å²) in [5, 5.41) is 4.72. The Bertz CT molecular complexity index is 817. The minimum atomic E-state index is 0.413. The number of nitrogens with one attached hydrogen (secondary N) is 1. The fourth-order valence-electron chi connectivity index (χ4n) is 2.71. The zero-order valence-corrected chi connectivity index (χ0v) is 16.4. The Labute approximate surface area is 164 Å². The van der Waals surface area contributed by atoms with Gasteiger partial charge in [-0.15, -0.1) is 0 Å². The van der Waals surface area contributed by atoms with Crippen molar-refractivity contribution in [3.63, 3.8) is 0 Å². The van der Waals surface area contributed by atoms with Crippen LogP contribution in [0.2, 0.25) is 10.0 Å². The molecule has 0 fully saturated rings. The first-order valence-corrected chi connectivity index (χ1v) is 9.23. The van der Waals surface area contributed by atoms with Gasteiger partial charge in [0.05, 0.1) is 0 Å². The minimum Gasteiger partial charge on any atom is -0.489 e. The summed E-state index contributed by atoms with van der Waals surface area (Å²) in [6, 6.07) is 19.9. The van der Waals surface area contributed by atoms with E-state index < -0.39 is 0 Å². The molecule has 0 saturated heterocycles. The molecule has 0 amide bonds. The van der Waals surface area contributed by atoms with Crippen molar-refractivity contribution in [3.8, 4) is 5.75 Å². The van der Waals surface area contributed by atoms with Crippen LogP contribution in [-0.2, 0) is 13.2 Å². The Kier molecular flexibility index (Phi) is 6.08. The summed E-state index contributed by atoms with van der Waals surface area (Å²) in [5.74, 6) is 0.811. The van der Waals surface area contributed by atoms with E-state index in [-0.39, 0.29) is 0 Å². The molecule has 0 aliphatic rings. The number of rotatable bonds is 6. The highest BCUT2D eigenvalue weighted by Crippen LogP contribution is 2.23. The fourth-order valence-corrected chi connectivity index (χ4v) is 3.18. The van der Waals surface area contributed by atoms with Gasteiger partial charge in [-0.3, -0.25) is 0 Å². The zero-order valence-electron chi connectivity index (χ0n) is 14.9. The lowest BCUT2D eigenvalue weighted by Crippen LogP contribution is -2.01. The maximum absolute atomic E-state index is 6.17. The van der Waals surface area contributed by atoms with Gasteiger partial charge in [-0.1, -0.05) is 59.1 Å². The van der Waals surface area contributed by atoms with Crippen molar-refractivity contribution in [3.05, 3.63) is 93.0 Å². The monoisotopic (exact) mass is 385 g/mol. The molecular weight excluding hydrogens is 365 g/mol. The van der Waals surface area contributed by atoms with Crippen LogP contribution in [0.4, 0.5) is 5.69 Å². The Hall–Kier alpha value is -2.16. The maximum Gasteiger partial charge on any atom is 0.119 e. The lowest BCUT2D eigenvalue weighted by molar-refractivity contribution is 0.306. The highest BCUT2D eigenvalue weighted by atomic mass is 35.5. The van der Waals surface area contributed by atoms with Crippen LogP contribution in [0.25, 0.3) is 0 Å². The number of benzene rings is 3. The van der Waals surface area contributed by atoms with Crippen LogP contribution in [0.3, 0.4) is 0 Å². The smallest absolute Gasteiger partial charge is 0.119 e. The molecule has 0 heterocycles. The van der Waals surface area contributed by atoms with Gasteiger partial charge in [0.25, 0.3) is 0 Å². The number of hydrogen-bond acceptors (Lipinski definition) is 2. The summed E-state index contributed by atoms with van der Waals surface area (Å²) in [4.78, 5) is 0. The van der Waals surface area contributed by atoms with E-state index in [1.807, 2.05) is 24.3 Å². The highest BCUT2D eigenvalue weighted by Gasteiger charge is 2.03. The SMILES string of the molecule is Cc1ccc(NCc2ccc(OCc3ccc(Cl)cc3Cl)cc2)c(C)c1. The lowest BCUT2D eigenvalue weighted by atomic mass is 10.1. The van der Waals surface area contributed by atoms with E-state index in [2.05, 4.69) is 49.5 Å². The van der Waals surface area contributed by atoms with Crippen molar-refractivity contribution in [2.24, 2.45) is 0 Å². The predicted molar refractivity (Wildman–Crippen MR) is 110 cm³/mol. The molecule has 3 aromatic rings.